The molecule has 1 aromatic carbocycles. The first kappa shape index (κ1) is 16.1. The van der Waals surface area contributed by atoms with Crippen molar-refractivity contribution in [3.05, 3.63) is 42.7 Å². The quantitative estimate of drug-likeness (QED) is 0.606. The largest absolute Gasteiger partial charge is 0.492 e. The first-order chi connectivity index (χ1) is 11.9. The van der Waals surface area contributed by atoms with E-state index in [0.717, 1.165) is 49.6 Å². The van der Waals surface area contributed by atoms with E-state index in [9.17, 15) is 0 Å². The molecule has 0 spiro atoms. The van der Waals surface area contributed by atoms with Gasteiger partial charge in [-0.1, -0.05) is 6.07 Å². The second-order valence-electron chi connectivity index (χ2n) is 6.30. The Bertz CT molecular complexity index is 900. The van der Waals surface area contributed by atoms with Crippen LogP contribution in [0.3, 0.4) is 0 Å². The maximum Gasteiger partial charge on any atom is 0.121 e. The number of rotatable bonds is 5. The average molecular weight is 338 g/mol. The lowest BCUT2D eigenvalue weighted by atomic mass is 10.3. The maximum atomic E-state index is 5.97. The number of nitrogens with zero attached hydrogens (tertiary/aromatic N) is 3. The number of hydrogen-bond acceptors (Lipinski definition) is 5. The van der Waals surface area contributed by atoms with Crippen LogP contribution in [0.5, 0.6) is 5.75 Å². The van der Waals surface area contributed by atoms with Gasteiger partial charge < -0.3 is 15.6 Å². The van der Waals surface area contributed by atoms with Crippen LogP contribution >= 0.6 is 0 Å². The molecule has 130 valence electrons. The summed E-state index contributed by atoms with van der Waals surface area (Å²) in [5.74, 6) is 0.897. The molecule has 0 bridgehead atoms. The summed E-state index contributed by atoms with van der Waals surface area (Å²) in [6.07, 6.45) is 1.89. The van der Waals surface area contributed by atoms with Crippen LogP contribution < -0.4 is 10.9 Å². The summed E-state index contributed by atoms with van der Waals surface area (Å²) in [7, 11) is 0. The minimum atomic E-state index is 0. The molecule has 3 aliphatic rings. The molecule has 6 nitrogen and oxygen atoms in total. The smallest absolute Gasteiger partial charge is 0.121 e. The normalized spacial score (nSPS) is 15.8. The molecule has 6 heteroatoms. The van der Waals surface area contributed by atoms with E-state index in [4.69, 9.17) is 9.47 Å². The number of benzene rings is 2. The Morgan fingerprint density at radius 3 is 2.72 bits per heavy atom. The summed E-state index contributed by atoms with van der Waals surface area (Å²) in [6.45, 7) is 5.27. The van der Waals surface area contributed by atoms with Crippen molar-refractivity contribution in [1.29, 1.82) is 0 Å². The van der Waals surface area contributed by atoms with Crippen molar-refractivity contribution in [3.8, 4) is 22.6 Å². The summed E-state index contributed by atoms with van der Waals surface area (Å²) in [5.41, 5.74) is 5.95. The van der Waals surface area contributed by atoms with E-state index in [-0.39, 0.29) is 6.15 Å². The van der Waals surface area contributed by atoms with Crippen molar-refractivity contribution in [1.82, 2.24) is 20.6 Å². The lowest BCUT2D eigenvalue weighted by Gasteiger charge is -2.26. The monoisotopic (exact) mass is 338 g/mol. The zero-order valence-corrected chi connectivity index (χ0v) is 14.1. The Kier molecular flexibility index (Phi) is 4.17. The summed E-state index contributed by atoms with van der Waals surface area (Å²) in [5, 5.41) is 0. The fourth-order valence-electron chi connectivity index (χ4n) is 3.33. The van der Waals surface area contributed by atoms with Gasteiger partial charge in [0.05, 0.1) is 29.9 Å². The van der Waals surface area contributed by atoms with E-state index < -0.39 is 0 Å². The summed E-state index contributed by atoms with van der Waals surface area (Å²) < 4.78 is 13.5. The van der Waals surface area contributed by atoms with Crippen molar-refractivity contribution in [2.45, 2.75) is 0 Å². The molecule has 0 radical (unpaired) electrons. The van der Waals surface area contributed by atoms with Gasteiger partial charge in [-0.25, -0.2) is 4.98 Å². The number of imidazole rings is 1. The molecule has 0 amide bonds. The van der Waals surface area contributed by atoms with E-state index >= 15 is 0 Å². The van der Waals surface area contributed by atoms with Crippen LogP contribution in [0.4, 0.5) is 0 Å². The van der Waals surface area contributed by atoms with Gasteiger partial charge in [0.15, 0.2) is 0 Å². The first-order valence-electron chi connectivity index (χ1n) is 8.43. The molecule has 1 aliphatic heterocycles. The van der Waals surface area contributed by atoms with Crippen molar-refractivity contribution in [3.63, 3.8) is 0 Å². The predicted molar refractivity (Wildman–Crippen MR) is 97.8 cm³/mol. The van der Waals surface area contributed by atoms with E-state index in [1.165, 1.54) is 16.8 Å². The lowest BCUT2D eigenvalue weighted by Crippen LogP contribution is -2.38. The van der Waals surface area contributed by atoms with Gasteiger partial charge in [-0.05, 0) is 29.8 Å². The van der Waals surface area contributed by atoms with E-state index in [1.54, 1.807) is 0 Å². The molecule has 2 aliphatic carbocycles. The minimum absolute atomic E-state index is 0. The molecule has 2 aromatic rings. The number of aromatic nitrogens is 2. The fraction of sp³-hybridized carbons (Fsp3) is 0.316. The second-order valence-corrected chi connectivity index (χ2v) is 6.30. The first-order valence-corrected chi connectivity index (χ1v) is 8.43. The van der Waals surface area contributed by atoms with Crippen LogP contribution in [0.2, 0.25) is 0 Å². The van der Waals surface area contributed by atoms with Crippen LogP contribution in [-0.2, 0) is 4.74 Å². The Labute approximate surface area is 146 Å². The van der Waals surface area contributed by atoms with E-state index in [2.05, 4.69) is 38.7 Å². The van der Waals surface area contributed by atoms with Gasteiger partial charge in [-0.2, -0.15) is 0 Å². The molecule has 0 saturated carbocycles. The summed E-state index contributed by atoms with van der Waals surface area (Å²) in [6, 6.07) is 12.6. The van der Waals surface area contributed by atoms with Crippen LogP contribution in [0.15, 0.2) is 42.7 Å². The third-order valence-corrected chi connectivity index (χ3v) is 4.78. The molecule has 25 heavy (non-hydrogen) atoms. The molecule has 3 N–H and O–H groups in total. The molecule has 2 heterocycles. The zero-order chi connectivity index (χ0) is 15.9. The Morgan fingerprint density at radius 1 is 1.08 bits per heavy atom. The van der Waals surface area contributed by atoms with Crippen LogP contribution in [-0.4, -0.2) is 53.9 Å². The highest BCUT2D eigenvalue weighted by atomic mass is 16.5. The van der Waals surface area contributed by atoms with Gasteiger partial charge in [0.1, 0.15) is 18.7 Å². The highest BCUT2D eigenvalue weighted by Crippen LogP contribution is 2.41. The lowest BCUT2D eigenvalue weighted by molar-refractivity contribution is 0.0322. The number of ether oxygens (including phenoxy) is 2. The van der Waals surface area contributed by atoms with E-state index in [1.807, 2.05) is 18.5 Å². The van der Waals surface area contributed by atoms with Crippen molar-refractivity contribution < 1.29 is 9.47 Å². The van der Waals surface area contributed by atoms with Gasteiger partial charge in [-0.3, -0.25) is 9.47 Å². The van der Waals surface area contributed by atoms with E-state index in [0.29, 0.717) is 6.61 Å². The van der Waals surface area contributed by atoms with Crippen molar-refractivity contribution in [2.75, 3.05) is 39.5 Å². The van der Waals surface area contributed by atoms with Crippen molar-refractivity contribution >= 4 is 11.0 Å². The minimum Gasteiger partial charge on any atom is -0.492 e. The van der Waals surface area contributed by atoms with Gasteiger partial charge in [0, 0.05) is 31.3 Å². The third-order valence-electron chi connectivity index (χ3n) is 4.78. The fourth-order valence-corrected chi connectivity index (χ4v) is 3.33. The molecule has 0 unspecified atom stereocenters. The highest BCUT2D eigenvalue weighted by molar-refractivity contribution is 5.91. The number of morpholine rings is 1. The Balaban J connectivity index is 0.00000157. The topological polar surface area (TPSA) is 74.5 Å². The van der Waals surface area contributed by atoms with Gasteiger partial charge in [-0.15, -0.1) is 0 Å². The highest BCUT2D eigenvalue weighted by Gasteiger charge is 2.20. The standard InChI is InChI=1S/C19H19N3O2.H3N/c1-4-18(16-11-14(1)16)22-13-20-17-3-2-15(12-19(17)22)24-10-7-21-5-8-23-9-6-21;/h1-4,11-13H,5-10H2;1H3. The average Bonchev–Trinajstić information content (AvgIpc) is 3.09. The number of fused-ring (bicyclic) bond motifs is 2. The Hall–Kier alpha value is -2.41. The summed E-state index contributed by atoms with van der Waals surface area (Å²) in [4.78, 5) is 6.88. The summed E-state index contributed by atoms with van der Waals surface area (Å²) >= 11 is 0. The van der Waals surface area contributed by atoms with Crippen LogP contribution in [0.1, 0.15) is 0 Å². The van der Waals surface area contributed by atoms with Gasteiger partial charge in [0.2, 0.25) is 0 Å². The maximum absolute atomic E-state index is 5.97. The molecule has 1 fully saturated rings. The SMILES string of the molecule is N.c1cc2ncn(-c3ccc4cc3-4)c2cc1OCCN1CCOCC1. The zero-order valence-electron chi connectivity index (χ0n) is 14.1. The molecule has 1 saturated heterocycles. The molecule has 0 atom stereocenters. The van der Waals surface area contributed by atoms with Crippen LogP contribution in [0, 0.1) is 0 Å². The molecular weight excluding hydrogens is 316 g/mol. The molecular formula is C19H22N4O2. The van der Waals surface area contributed by atoms with Crippen molar-refractivity contribution in [2.24, 2.45) is 0 Å². The number of hydrogen-bond donors (Lipinski definition) is 1. The second kappa shape index (κ2) is 6.48. The van der Waals surface area contributed by atoms with Crippen LogP contribution in [0.25, 0.3) is 27.8 Å². The molecule has 1 aromatic heterocycles. The van der Waals surface area contributed by atoms with Gasteiger partial charge >= 0.3 is 0 Å². The predicted octanol–water partition coefficient (Wildman–Crippen LogP) is 2.88. The Morgan fingerprint density at radius 2 is 1.96 bits per heavy atom. The third kappa shape index (κ3) is 3.00. The van der Waals surface area contributed by atoms with Gasteiger partial charge in [0.25, 0.3) is 0 Å². The molecule has 5 rings (SSSR count).